The third-order valence-electron chi connectivity index (χ3n) is 3.70. The second-order valence-corrected chi connectivity index (χ2v) is 5.57. The van der Waals surface area contributed by atoms with Crippen LogP contribution in [0.4, 0.5) is 11.4 Å². The van der Waals surface area contributed by atoms with E-state index in [0.717, 1.165) is 22.8 Å². The fraction of sp³-hybridized carbons (Fsp3) is 0.100. The van der Waals surface area contributed by atoms with Crippen LogP contribution in [0.2, 0.25) is 0 Å². The van der Waals surface area contributed by atoms with Gasteiger partial charge in [-0.15, -0.1) is 6.42 Å². The van der Waals surface area contributed by atoms with Crippen LogP contribution in [0.15, 0.2) is 71.0 Å². The van der Waals surface area contributed by atoms with Gasteiger partial charge in [-0.25, -0.2) is 4.99 Å². The third kappa shape index (κ3) is 4.06. The molecule has 1 unspecified atom stereocenters. The number of ketones is 1. The number of nitrogens with one attached hydrogen (secondary N) is 3. The van der Waals surface area contributed by atoms with Crippen LogP contribution in [0, 0.1) is 12.3 Å². The summed E-state index contributed by atoms with van der Waals surface area (Å²) >= 11 is 0. The number of nitrogens with zero attached hydrogens (tertiary/aromatic N) is 1. The molecule has 1 aliphatic rings. The van der Waals surface area contributed by atoms with E-state index in [2.05, 4.69) is 26.9 Å². The SMILES string of the molecule is C#CC(=O)c1cccc(NC2=C(C)C=NC(Nc3ccccc3)N2)c1. The van der Waals surface area contributed by atoms with Crippen LogP contribution in [0.5, 0.6) is 0 Å². The normalized spacial score (nSPS) is 15.9. The predicted octanol–water partition coefficient (Wildman–Crippen LogP) is 3.22. The summed E-state index contributed by atoms with van der Waals surface area (Å²) in [5.74, 6) is 2.61. The topological polar surface area (TPSA) is 65.5 Å². The van der Waals surface area contributed by atoms with E-state index in [1.807, 2.05) is 43.3 Å². The zero-order valence-electron chi connectivity index (χ0n) is 13.8. The lowest BCUT2D eigenvalue weighted by Gasteiger charge is -2.25. The molecule has 3 rings (SSSR count). The molecule has 3 N–H and O–H groups in total. The molecule has 124 valence electrons. The smallest absolute Gasteiger partial charge is 0.235 e. The second-order valence-electron chi connectivity index (χ2n) is 5.57. The molecule has 1 atom stereocenters. The molecule has 0 spiro atoms. The number of Topliss-reactive ketones (excluding diaryl/α,β-unsaturated/α-hetero) is 1. The Kier molecular flexibility index (Phi) is 4.82. The molecule has 0 aromatic heterocycles. The molecule has 1 aliphatic heterocycles. The lowest BCUT2D eigenvalue weighted by atomic mass is 10.1. The van der Waals surface area contributed by atoms with Crippen molar-refractivity contribution in [3.8, 4) is 12.3 Å². The number of hydrogen-bond donors (Lipinski definition) is 3. The van der Waals surface area contributed by atoms with E-state index < -0.39 is 0 Å². The average molecular weight is 330 g/mol. The molecular weight excluding hydrogens is 312 g/mol. The molecule has 25 heavy (non-hydrogen) atoms. The van der Waals surface area contributed by atoms with Gasteiger partial charge in [0.15, 0.2) is 6.29 Å². The fourth-order valence-corrected chi connectivity index (χ4v) is 2.40. The van der Waals surface area contributed by atoms with Crippen LogP contribution in [-0.2, 0) is 0 Å². The van der Waals surface area contributed by atoms with Gasteiger partial charge in [-0.1, -0.05) is 30.3 Å². The predicted molar refractivity (Wildman–Crippen MR) is 101 cm³/mol. The van der Waals surface area contributed by atoms with Gasteiger partial charge in [-0.05, 0) is 37.1 Å². The summed E-state index contributed by atoms with van der Waals surface area (Å²) in [6.45, 7) is 1.95. The molecule has 2 aromatic carbocycles. The number of hydrogen-bond acceptors (Lipinski definition) is 5. The van der Waals surface area contributed by atoms with Crippen molar-refractivity contribution in [3.63, 3.8) is 0 Å². The molecule has 0 amide bonds. The number of aliphatic imine (C=N–C) groups is 1. The molecule has 0 bridgehead atoms. The van der Waals surface area contributed by atoms with Crippen molar-refractivity contribution in [2.45, 2.75) is 13.2 Å². The van der Waals surface area contributed by atoms with Crippen LogP contribution >= 0.6 is 0 Å². The van der Waals surface area contributed by atoms with Gasteiger partial charge in [0.1, 0.15) is 5.82 Å². The van der Waals surface area contributed by atoms with Crippen molar-refractivity contribution in [2.75, 3.05) is 10.6 Å². The molecule has 1 heterocycles. The molecule has 0 aliphatic carbocycles. The first kappa shape index (κ1) is 16.3. The first-order chi connectivity index (χ1) is 12.2. The Bertz CT molecular complexity index is 878. The van der Waals surface area contributed by atoms with Crippen LogP contribution in [0.1, 0.15) is 17.3 Å². The Labute approximate surface area is 146 Å². The van der Waals surface area contributed by atoms with Crippen molar-refractivity contribution >= 4 is 23.4 Å². The minimum absolute atomic E-state index is 0.288. The molecule has 5 nitrogen and oxygen atoms in total. The summed E-state index contributed by atoms with van der Waals surface area (Å²) in [6, 6.07) is 16.9. The highest BCUT2D eigenvalue weighted by Crippen LogP contribution is 2.17. The lowest BCUT2D eigenvalue weighted by Crippen LogP contribution is -2.39. The minimum atomic E-state index is -0.337. The molecule has 0 radical (unpaired) electrons. The Morgan fingerprint density at radius 1 is 1.16 bits per heavy atom. The number of carbonyl (C=O) groups excluding carboxylic acids is 1. The van der Waals surface area contributed by atoms with Gasteiger partial charge < -0.3 is 16.0 Å². The summed E-state index contributed by atoms with van der Waals surface area (Å²) in [7, 11) is 0. The Morgan fingerprint density at radius 2 is 1.92 bits per heavy atom. The van der Waals surface area contributed by atoms with Crippen LogP contribution < -0.4 is 16.0 Å². The molecule has 2 aromatic rings. The summed E-state index contributed by atoms with van der Waals surface area (Å²) in [4.78, 5) is 16.1. The summed E-state index contributed by atoms with van der Waals surface area (Å²) in [5, 5.41) is 9.87. The zero-order valence-corrected chi connectivity index (χ0v) is 13.8. The Morgan fingerprint density at radius 3 is 2.68 bits per heavy atom. The van der Waals surface area contributed by atoms with E-state index in [1.165, 1.54) is 0 Å². The maximum Gasteiger partial charge on any atom is 0.235 e. The molecule has 5 heteroatoms. The number of allylic oxidation sites excluding steroid dienone is 1. The average Bonchev–Trinajstić information content (AvgIpc) is 2.65. The van der Waals surface area contributed by atoms with Crippen molar-refractivity contribution in [2.24, 2.45) is 4.99 Å². The standard InChI is InChI=1S/C20H18N4O/c1-3-18(25)15-8-7-11-17(12-15)22-19-14(2)13-21-20(24-19)23-16-9-5-4-6-10-16/h1,4-13,20,22-24H,2H3. The number of terminal acetylenes is 1. The van der Waals surface area contributed by atoms with E-state index in [-0.39, 0.29) is 12.1 Å². The van der Waals surface area contributed by atoms with Crippen molar-refractivity contribution in [3.05, 3.63) is 71.6 Å². The quantitative estimate of drug-likeness (QED) is 0.447. The third-order valence-corrected chi connectivity index (χ3v) is 3.70. The number of para-hydroxylation sites is 1. The van der Waals surface area contributed by atoms with Crippen LogP contribution in [0.25, 0.3) is 0 Å². The highest BCUT2D eigenvalue weighted by atomic mass is 16.1. The Hall–Kier alpha value is -3.52. The van der Waals surface area contributed by atoms with Crippen molar-refractivity contribution in [1.29, 1.82) is 0 Å². The van der Waals surface area contributed by atoms with Crippen LogP contribution in [0.3, 0.4) is 0 Å². The maximum atomic E-state index is 11.7. The minimum Gasteiger partial charge on any atom is -0.347 e. The van der Waals surface area contributed by atoms with E-state index in [0.29, 0.717) is 5.56 Å². The largest absolute Gasteiger partial charge is 0.347 e. The van der Waals surface area contributed by atoms with Gasteiger partial charge in [-0.2, -0.15) is 0 Å². The first-order valence-corrected chi connectivity index (χ1v) is 7.86. The summed E-state index contributed by atoms with van der Waals surface area (Å²) in [6.07, 6.45) is 6.70. The number of benzene rings is 2. The van der Waals surface area contributed by atoms with Gasteiger partial charge in [0, 0.05) is 28.7 Å². The first-order valence-electron chi connectivity index (χ1n) is 7.86. The summed E-state index contributed by atoms with van der Waals surface area (Å²) in [5.41, 5.74) is 3.18. The monoisotopic (exact) mass is 330 g/mol. The second kappa shape index (κ2) is 7.37. The van der Waals surface area contributed by atoms with Gasteiger partial charge >= 0.3 is 0 Å². The molecule has 0 saturated carbocycles. The highest BCUT2D eigenvalue weighted by molar-refractivity contribution is 6.09. The van der Waals surface area contributed by atoms with E-state index >= 15 is 0 Å². The maximum absolute atomic E-state index is 11.7. The number of anilines is 2. The fourth-order valence-electron chi connectivity index (χ4n) is 2.40. The van der Waals surface area contributed by atoms with Gasteiger partial charge in [-0.3, -0.25) is 4.79 Å². The Balaban J connectivity index is 1.73. The van der Waals surface area contributed by atoms with E-state index in [4.69, 9.17) is 6.42 Å². The van der Waals surface area contributed by atoms with Gasteiger partial charge in [0.05, 0.1) is 0 Å². The van der Waals surface area contributed by atoms with E-state index in [9.17, 15) is 4.79 Å². The zero-order chi connectivity index (χ0) is 17.6. The van der Waals surface area contributed by atoms with Crippen molar-refractivity contribution in [1.82, 2.24) is 5.32 Å². The van der Waals surface area contributed by atoms with Crippen LogP contribution in [-0.4, -0.2) is 18.3 Å². The number of rotatable bonds is 5. The van der Waals surface area contributed by atoms with Gasteiger partial charge in [0.25, 0.3) is 0 Å². The molecular formula is C20H18N4O. The number of carbonyl (C=O) groups is 1. The van der Waals surface area contributed by atoms with Gasteiger partial charge in [0.2, 0.25) is 5.78 Å². The van der Waals surface area contributed by atoms with E-state index in [1.54, 1.807) is 24.4 Å². The highest BCUT2D eigenvalue weighted by Gasteiger charge is 2.14. The lowest BCUT2D eigenvalue weighted by molar-refractivity contribution is 0.105. The summed E-state index contributed by atoms with van der Waals surface area (Å²) < 4.78 is 0. The molecule has 0 saturated heterocycles. The van der Waals surface area contributed by atoms with Crippen molar-refractivity contribution < 1.29 is 4.79 Å². The molecule has 0 fully saturated rings.